The second kappa shape index (κ2) is 7.73. The van der Waals surface area contributed by atoms with E-state index in [1.54, 1.807) is 46.8 Å². The van der Waals surface area contributed by atoms with Crippen LogP contribution in [-0.4, -0.2) is 70.2 Å². The van der Waals surface area contributed by atoms with E-state index in [1.807, 2.05) is 0 Å². The van der Waals surface area contributed by atoms with Gasteiger partial charge in [0.15, 0.2) is 0 Å². The van der Waals surface area contributed by atoms with Crippen molar-refractivity contribution < 1.29 is 14.4 Å². The van der Waals surface area contributed by atoms with Gasteiger partial charge in [0.2, 0.25) is 5.91 Å². The van der Waals surface area contributed by atoms with Crippen LogP contribution in [0.15, 0.2) is 36.7 Å². The van der Waals surface area contributed by atoms with E-state index in [0.29, 0.717) is 37.3 Å². The maximum atomic E-state index is 12.8. The van der Waals surface area contributed by atoms with Crippen LogP contribution in [0.5, 0.6) is 0 Å². The average Bonchev–Trinajstić information content (AvgIpc) is 3.34. The number of imide groups is 1. The van der Waals surface area contributed by atoms with Gasteiger partial charge in [-0.05, 0) is 24.6 Å². The lowest BCUT2D eigenvalue weighted by Crippen LogP contribution is -2.52. The summed E-state index contributed by atoms with van der Waals surface area (Å²) in [7, 11) is 0. The van der Waals surface area contributed by atoms with Crippen LogP contribution >= 0.6 is 11.3 Å². The van der Waals surface area contributed by atoms with Crippen LogP contribution in [0.1, 0.15) is 32.5 Å². The van der Waals surface area contributed by atoms with Crippen LogP contribution in [0.25, 0.3) is 10.2 Å². The fourth-order valence-corrected chi connectivity index (χ4v) is 5.03. The molecule has 1 fully saturated rings. The minimum Gasteiger partial charge on any atom is -0.352 e. The van der Waals surface area contributed by atoms with Crippen molar-refractivity contribution in [1.82, 2.24) is 19.8 Å². The SMILES string of the molecule is CCc1cc2c(N3CCN(C(=O)CN4C(=O)c5ccccc5C4=O)CC3)ncnc2s1. The summed E-state index contributed by atoms with van der Waals surface area (Å²) in [4.78, 5) is 53.9. The zero-order valence-corrected chi connectivity index (χ0v) is 17.9. The molecule has 158 valence electrons. The van der Waals surface area contributed by atoms with E-state index in [9.17, 15) is 14.4 Å². The van der Waals surface area contributed by atoms with Crippen molar-refractivity contribution in [3.8, 4) is 0 Å². The van der Waals surface area contributed by atoms with Crippen LogP contribution < -0.4 is 4.90 Å². The van der Waals surface area contributed by atoms with Crippen molar-refractivity contribution in [2.75, 3.05) is 37.6 Å². The lowest BCUT2D eigenvalue weighted by atomic mass is 10.1. The molecule has 0 saturated carbocycles. The predicted octanol–water partition coefficient (Wildman–Crippen LogP) is 2.20. The highest BCUT2D eigenvalue weighted by Gasteiger charge is 2.37. The number of nitrogens with zero attached hydrogens (tertiary/aromatic N) is 5. The normalized spacial score (nSPS) is 16.4. The third kappa shape index (κ3) is 3.34. The van der Waals surface area contributed by atoms with Gasteiger partial charge in [0.25, 0.3) is 11.8 Å². The Hall–Kier alpha value is -3.33. The van der Waals surface area contributed by atoms with Gasteiger partial charge < -0.3 is 9.80 Å². The van der Waals surface area contributed by atoms with Crippen LogP contribution in [0.2, 0.25) is 0 Å². The fourth-order valence-electron chi connectivity index (χ4n) is 4.10. The number of thiophene rings is 1. The lowest BCUT2D eigenvalue weighted by Gasteiger charge is -2.36. The van der Waals surface area contributed by atoms with Gasteiger partial charge in [-0.15, -0.1) is 11.3 Å². The highest BCUT2D eigenvalue weighted by Crippen LogP contribution is 2.31. The topological polar surface area (TPSA) is 86.7 Å². The van der Waals surface area contributed by atoms with E-state index in [2.05, 4.69) is 27.9 Å². The largest absolute Gasteiger partial charge is 0.352 e. The van der Waals surface area contributed by atoms with Gasteiger partial charge in [-0.25, -0.2) is 9.97 Å². The Morgan fingerprint density at radius 2 is 1.71 bits per heavy atom. The van der Waals surface area contributed by atoms with Crippen molar-refractivity contribution in [2.45, 2.75) is 13.3 Å². The van der Waals surface area contributed by atoms with Crippen LogP contribution in [0.4, 0.5) is 5.82 Å². The van der Waals surface area contributed by atoms with Crippen molar-refractivity contribution in [3.05, 3.63) is 52.7 Å². The van der Waals surface area contributed by atoms with Crippen LogP contribution in [-0.2, 0) is 11.2 Å². The monoisotopic (exact) mass is 435 g/mol. The van der Waals surface area contributed by atoms with Gasteiger partial charge in [-0.3, -0.25) is 19.3 Å². The molecule has 2 aliphatic rings. The van der Waals surface area contributed by atoms with E-state index < -0.39 is 11.8 Å². The number of carbonyl (C=O) groups excluding carboxylic acids is 3. The summed E-state index contributed by atoms with van der Waals surface area (Å²) in [5.41, 5.74) is 0.722. The molecule has 0 aliphatic carbocycles. The Labute approximate surface area is 183 Å². The summed E-state index contributed by atoms with van der Waals surface area (Å²) in [6.07, 6.45) is 2.55. The molecule has 1 saturated heterocycles. The fraction of sp³-hybridized carbons (Fsp3) is 0.318. The highest BCUT2D eigenvalue weighted by atomic mass is 32.1. The minimum absolute atomic E-state index is 0.217. The van der Waals surface area contributed by atoms with Gasteiger partial charge in [-0.2, -0.15) is 0 Å². The second-order valence-electron chi connectivity index (χ2n) is 7.59. The zero-order chi connectivity index (χ0) is 21.5. The molecule has 3 aromatic rings. The lowest BCUT2D eigenvalue weighted by molar-refractivity contribution is -0.131. The molecule has 1 aromatic carbocycles. The Bertz CT molecular complexity index is 1160. The number of aryl methyl sites for hydroxylation is 1. The summed E-state index contributed by atoms with van der Waals surface area (Å²) in [6, 6.07) is 8.83. The second-order valence-corrected chi connectivity index (χ2v) is 8.71. The Balaban J connectivity index is 1.25. The third-order valence-corrected chi connectivity index (χ3v) is 7.00. The Kier molecular flexibility index (Phi) is 4.90. The highest BCUT2D eigenvalue weighted by molar-refractivity contribution is 7.18. The quantitative estimate of drug-likeness (QED) is 0.584. The smallest absolute Gasteiger partial charge is 0.262 e. The van der Waals surface area contributed by atoms with Gasteiger partial charge in [0, 0.05) is 31.1 Å². The molecule has 0 radical (unpaired) electrons. The molecule has 2 aromatic heterocycles. The Morgan fingerprint density at radius 1 is 1.03 bits per heavy atom. The first-order chi connectivity index (χ1) is 15.1. The summed E-state index contributed by atoms with van der Waals surface area (Å²) in [5.74, 6) is -0.125. The first-order valence-corrected chi connectivity index (χ1v) is 11.1. The molecule has 9 heteroatoms. The van der Waals surface area contributed by atoms with E-state index in [4.69, 9.17) is 0 Å². The molecule has 0 bridgehead atoms. The van der Waals surface area contributed by atoms with E-state index in [1.165, 1.54) is 4.88 Å². The maximum Gasteiger partial charge on any atom is 0.262 e. The first kappa shape index (κ1) is 19.6. The number of carbonyl (C=O) groups is 3. The van der Waals surface area contributed by atoms with Gasteiger partial charge in [-0.1, -0.05) is 19.1 Å². The molecule has 2 aliphatic heterocycles. The number of amides is 3. The van der Waals surface area contributed by atoms with E-state index in [-0.39, 0.29) is 12.5 Å². The average molecular weight is 436 g/mol. The molecule has 0 atom stereocenters. The molecule has 8 nitrogen and oxygen atoms in total. The van der Waals surface area contributed by atoms with E-state index in [0.717, 1.165) is 27.4 Å². The Morgan fingerprint density at radius 3 is 2.35 bits per heavy atom. The summed E-state index contributed by atoms with van der Waals surface area (Å²) in [6.45, 7) is 4.19. The molecule has 3 amide bonds. The van der Waals surface area contributed by atoms with Gasteiger partial charge >= 0.3 is 0 Å². The number of hydrogen-bond donors (Lipinski definition) is 0. The number of piperazine rings is 1. The van der Waals surface area contributed by atoms with Gasteiger partial charge in [0.1, 0.15) is 23.5 Å². The molecule has 0 N–H and O–H groups in total. The van der Waals surface area contributed by atoms with E-state index >= 15 is 0 Å². The predicted molar refractivity (Wildman–Crippen MR) is 117 cm³/mol. The molecule has 31 heavy (non-hydrogen) atoms. The third-order valence-electron chi connectivity index (χ3n) is 5.81. The number of anilines is 1. The number of hydrogen-bond acceptors (Lipinski definition) is 7. The standard InChI is InChI=1S/C22H21N5O3S/c1-2-14-11-17-19(23-13-24-20(17)31-14)26-9-7-25(8-10-26)18(28)12-27-21(29)15-5-3-4-6-16(15)22(27)30/h3-6,11,13H,2,7-10,12H2,1H3. The van der Waals surface area contributed by atoms with Crippen molar-refractivity contribution in [1.29, 1.82) is 0 Å². The molecular formula is C22H21N5O3S. The van der Waals surface area contributed by atoms with Crippen molar-refractivity contribution in [3.63, 3.8) is 0 Å². The summed E-state index contributed by atoms with van der Waals surface area (Å²) in [5, 5.41) is 1.05. The number of benzene rings is 1. The summed E-state index contributed by atoms with van der Waals surface area (Å²) < 4.78 is 0. The van der Waals surface area contributed by atoms with Crippen molar-refractivity contribution in [2.24, 2.45) is 0 Å². The zero-order valence-electron chi connectivity index (χ0n) is 17.1. The molecule has 5 rings (SSSR count). The number of rotatable bonds is 4. The van der Waals surface area contributed by atoms with Gasteiger partial charge in [0.05, 0.1) is 16.5 Å². The minimum atomic E-state index is -0.403. The molecule has 0 spiro atoms. The number of aromatic nitrogens is 2. The molecule has 0 unspecified atom stereocenters. The number of fused-ring (bicyclic) bond motifs is 2. The van der Waals surface area contributed by atoms with Crippen molar-refractivity contribution >= 4 is 45.1 Å². The molecule has 4 heterocycles. The van der Waals surface area contributed by atoms with Crippen LogP contribution in [0, 0.1) is 0 Å². The first-order valence-electron chi connectivity index (χ1n) is 10.3. The van der Waals surface area contributed by atoms with Crippen LogP contribution in [0.3, 0.4) is 0 Å². The summed E-state index contributed by atoms with van der Waals surface area (Å²) >= 11 is 1.68. The molecular weight excluding hydrogens is 414 g/mol. The maximum absolute atomic E-state index is 12.8.